The van der Waals surface area contributed by atoms with E-state index in [0.29, 0.717) is 12.2 Å². The molecular formula is C22H36NNaO5S. The summed E-state index contributed by atoms with van der Waals surface area (Å²) in [6.45, 7) is 1.96. The monoisotopic (exact) mass is 449 g/mol. The van der Waals surface area contributed by atoms with Crippen LogP contribution in [0.5, 0.6) is 5.75 Å². The van der Waals surface area contributed by atoms with Crippen molar-refractivity contribution in [2.75, 3.05) is 12.3 Å². The van der Waals surface area contributed by atoms with Crippen molar-refractivity contribution in [3.8, 4) is 5.75 Å². The van der Waals surface area contributed by atoms with E-state index < -0.39 is 27.9 Å². The van der Waals surface area contributed by atoms with Crippen LogP contribution in [0.4, 0.5) is 0 Å². The molecule has 6 nitrogen and oxygen atoms in total. The van der Waals surface area contributed by atoms with Crippen LogP contribution >= 0.6 is 0 Å². The molecule has 166 valence electrons. The standard InChI is InChI=1S/C22H37NO5S.Na/c1-2-3-4-5-6-7-8-9-10-14-17-21(28-20-15-12-11-13-16-20)22(24)23-18-19-29(25,26)27;/h11-13,15-16,21H,2-10,14,17-19H2,1H3,(H,23,24)(H,25,26,27);/q;+1/p-1. The molecule has 0 spiro atoms. The molecule has 0 aliphatic heterocycles. The van der Waals surface area contributed by atoms with E-state index in [9.17, 15) is 13.5 Å². The molecule has 0 amide bonds. The van der Waals surface area contributed by atoms with Crippen LogP contribution in [0, 0.1) is 0 Å². The molecule has 0 saturated carbocycles. The van der Waals surface area contributed by atoms with E-state index in [1.54, 1.807) is 12.1 Å². The van der Waals surface area contributed by atoms with Crippen LogP contribution in [0.15, 0.2) is 35.3 Å². The Bertz CT molecular complexity index is 667. The molecule has 0 aromatic heterocycles. The third-order valence-corrected chi connectivity index (χ3v) is 5.43. The molecule has 0 saturated heterocycles. The van der Waals surface area contributed by atoms with E-state index in [4.69, 9.17) is 9.29 Å². The summed E-state index contributed by atoms with van der Waals surface area (Å²) in [4.78, 5) is 3.77. The fraction of sp³-hybridized carbons (Fsp3) is 0.682. The Kier molecular flexibility index (Phi) is 17.7. The second-order valence-electron chi connectivity index (χ2n) is 7.40. The zero-order valence-electron chi connectivity index (χ0n) is 18.6. The van der Waals surface area contributed by atoms with Gasteiger partial charge in [0.1, 0.15) is 11.9 Å². The Morgan fingerprint density at radius 3 is 2.07 bits per heavy atom. The topological polar surface area (TPSA) is 99.0 Å². The van der Waals surface area contributed by atoms with Crippen LogP contribution in [-0.2, 0) is 10.1 Å². The molecule has 30 heavy (non-hydrogen) atoms. The van der Waals surface area contributed by atoms with Gasteiger partial charge >= 0.3 is 29.6 Å². The summed E-state index contributed by atoms with van der Waals surface area (Å²) in [5, 5.41) is 12.4. The van der Waals surface area contributed by atoms with Crippen molar-refractivity contribution in [1.82, 2.24) is 0 Å². The number of benzene rings is 1. The molecular weight excluding hydrogens is 413 g/mol. The smallest absolute Gasteiger partial charge is 0.859 e. The SMILES string of the molecule is CCCCCCCCCCCCC(Oc1ccccc1)C([O-])=NCCS(=O)(=O)O.[Na+]. The second-order valence-corrected chi connectivity index (χ2v) is 8.97. The minimum absolute atomic E-state index is 0. The summed E-state index contributed by atoms with van der Waals surface area (Å²) in [6, 6.07) is 9.07. The van der Waals surface area contributed by atoms with Gasteiger partial charge in [-0.15, -0.1) is 0 Å². The number of hydrogen-bond acceptors (Lipinski definition) is 5. The van der Waals surface area contributed by atoms with E-state index in [-0.39, 0.29) is 36.1 Å². The molecule has 1 unspecified atom stereocenters. The molecule has 0 heterocycles. The van der Waals surface area contributed by atoms with Crippen molar-refractivity contribution in [3.05, 3.63) is 30.3 Å². The van der Waals surface area contributed by atoms with Crippen LogP contribution in [0.25, 0.3) is 0 Å². The molecule has 1 N–H and O–H groups in total. The first kappa shape index (κ1) is 29.4. The summed E-state index contributed by atoms with van der Waals surface area (Å²) in [7, 11) is -4.13. The Morgan fingerprint density at radius 1 is 1.00 bits per heavy atom. The Labute approximate surface area is 204 Å². The van der Waals surface area contributed by atoms with Crippen LogP contribution < -0.4 is 39.4 Å². The number of nitrogens with zero attached hydrogens (tertiary/aromatic N) is 1. The first-order valence-electron chi connectivity index (χ1n) is 10.8. The van der Waals surface area contributed by atoms with E-state index in [1.807, 2.05) is 18.2 Å². The van der Waals surface area contributed by atoms with Crippen LogP contribution in [0.3, 0.4) is 0 Å². The third-order valence-electron chi connectivity index (χ3n) is 4.73. The second kappa shape index (κ2) is 18.0. The molecule has 0 bridgehead atoms. The molecule has 1 aromatic carbocycles. The van der Waals surface area contributed by atoms with Gasteiger partial charge in [0, 0.05) is 0 Å². The maximum atomic E-state index is 12.4. The maximum Gasteiger partial charge on any atom is 1.00 e. The number of para-hydroxylation sites is 1. The van der Waals surface area contributed by atoms with Crippen molar-refractivity contribution < 1.29 is 52.4 Å². The van der Waals surface area contributed by atoms with Gasteiger partial charge in [0.2, 0.25) is 0 Å². The molecule has 0 aliphatic carbocycles. The van der Waals surface area contributed by atoms with E-state index in [1.165, 1.54) is 44.9 Å². The zero-order valence-corrected chi connectivity index (χ0v) is 21.4. The van der Waals surface area contributed by atoms with Crippen LogP contribution in [0.1, 0.15) is 77.6 Å². The Balaban J connectivity index is 0.00000841. The minimum atomic E-state index is -4.13. The average molecular weight is 450 g/mol. The summed E-state index contributed by atoms with van der Waals surface area (Å²) in [5.74, 6) is -0.453. The molecule has 0 aliphatic rings. The molecule has 1 aromatic rings. The summed E-state index contributed by atoms with van der Waals surface area (Å²) in [6.07, 6.45) is 11.9. The number of ether oxygens (including phenoxy) is 1. The summed E-state index contributed by atoms with van der Waals surface area (Å²) < 4.78 is 36.2. The average Bonchev–Trinajstić information content (AvgIpc) is 2.68. The predicted octanol–water partition coefficient (Wildman–Crippen LogP) is 1.40. The molecule has 0 fully saturated rings. The maximum absolute atomic E-state index is 12.4. The number of aliphatic imine (C=N–C) groups is 1. The third kappa shape index (κ3) is 16.1. The largest absolute Gasteiger partial charge is 1.00 e. The fourth-order valence-corrected chi connectivity index (χ4v) is 3.41. The summed E-state index contributed by atoms with van der Waals surface area (Å²) >= 11 is 0. The van der Waals surface area contributed by atoms with Crippen molar-refractivity contribution in [2.24, 2.45) is 4.99 Å². The molecule has 0 radical (unpaired) electrons. The van der Waals surface area contributed by atoms with Gasteiger partial charge in [-0.05, 0) is 30.9 Å². The van der Waals surface area contributed by atoms with Crippen molar-refractivity contribution in [2.45, 2.75) is 83.7 Å². The van der Waals surface area contributed by atoms with Gasteiger partial charge in [-0.1, -0.05) is 82.9 Å². The van der Waals surface area contributed by atoms with Crippen molar-refractivity contribution in [3.63, 3.8) is 0 Å². The zero-order chi connectivity index (χ0) is 21.4. The number of rotatable bonds is 17. The number of hydrogen-bond donors (Lipinski definition) is 1. The first-order valence-corrected chi connectivity index (χ1v) is 12.4. The van der Waals surface area contributed by atoms with Gasteiger partial charge in [-0.3, -0.25) is 4.55 Å². The minimum Gasteiger partial charge on any atom is -0.859 e. The van der Waals surface area contributed by atoms with Gasteiger partial charge in [0.05, 0.1) is 12.3 Å². The van der Waals surface area contributed by atoms with E-state index in [2.05, 4.69) is 11.9 Å². The normalized spacial score (nSPS) is 12.9. The van der Waals surface area contributed by atoms with Crippen LogP contribution in [0.2, 0.25) is 0 Å². The summed E-state index contributed by atoms with van der Waals surface area (Å²) in [5.41, 5.74) is 0. The van der Waals surface area contributed by atoms with E-state index in [0.717, 1.165) is 19.3 Å². The van der Waals surface area contributed by atoms with Gasteiger partial charge in [-0.2, -0.15) is 8.42 Å². The Morgan fingerprint density at radius 2 is 1.53 bits per heavy atom. The fourth-order valence-electron chi connectivity index (χ4n) is 3.09. The first-order chi connectivity index (χ1) is 13.9. The van der Waals surface area contributed by atoms with E-state index >= 15 is 0 Å². The predicted molar refractivity (Wildman–Crippen MR) is 116 cm³/mol. The molecule has 1 rings (SSSR count). The van der Waals surface area contributed by atoms with Crippen molar-refractivity contribution >= 4 is 16.0 Å². The number of unbranched alkanes of at least 4 members (excludes halogenated alkanes) is 9. The van der Waals surface area contributed by atoms with Gasteiger partial charge in [-0.25, -0.2) is 0 Å². The molecule has 1 atom stereocenters. The van der Waals surface area contributed by atoms with Crippen molar-refractivity contribution in [1.29, 1.82) is 0 Å². The molecule has 8 heteroatoms. The Hall–Kier alpha value is -0.600. The van der Waals surface area contributed by atoms with Crippen LogP contribution in [-0.4, -0.2) is 37.3 Å². The van der Waals surface area contributed by atoms with Gasteiger partial charge in [0.25, 0.3) is 10.1 Å². The van der Waals surface area contributed by atoms with Gasteiger partial charge in [0.15, 0.2) is 0 Å². The quantitative estimate of drug-likeness (QED) is 0.127. The van der Waals surface area contributed by atoms with Gasteiger partial charge < -0.3 is 14.8 Å².